The maximum Gasteiger partial charge on any atom is 0.343 e. The average molecular weight is 453 g/mol. The van der Waals surface area contributed by atoms with Gasteiger partial charge < -0.3 is 19.9 Å². The number of ether oxygens (including phenoxy) is 2. The predicted molar refractivity (Wildman–Crippen MR) is 130 cm³/mol. The third-order valence-corrected chi connectivity index (χ3v) is 5.16. The smallest absolute Gasteiger partial charge is 0.343 e. The number of carbonyl (C=O) groups is 2. The van der Waals surface area contributed by atoms with Crippen LogP contribution in [-0.2, 0) is 11.2 Å². The molecule has 4 aromatic rings. The zero-order valence-electron chi connectivity index (χ0n) is 18.5. The van der Waals surface area contributed by atoms with Gasteiger partial charge in [0, 0.05) is 5.69 Å². The van der Waals surface area contributed by atoms with E-state index < -0.39 is 5.97 Å². The zero-order chi connectivity index (χ0) is 23.9. The Kier molecular flexibility index (Phi) is 6.89. The van der Waals surface area contributed by atoms with Gasteiger partial charge in [-0.2, -0.15) is 0 Å². The van der Waals surface area contributed by atoms with Crippen LogP contribution < -0.4 is 14.8 Å². The molecule has 0 spiro atoms. The number of benzene rings is 4. The second-order valence-electron chi connectivity index (χ2n) is 7.59. The highest BCUT2D eigenvalue weighted by Crippen LogP contribution is 2.27. The molecule has 0 aliphatic rings. The molecule has 6 heteroatoms. The number of methoxy groups -OCH3 is 1. The number of amides is 1. The first-order chi connectivity index (χ1) is 16.5. The molecule has 0 saturated heterocycles. The van der Waals surface area contributed by atoms with E-state index in [2.05, 4.69) is 5.32 Å². The SMILES string of the molecule is COc1cc(CC(=O)Nc2cccc(-c3ccc(OC(=O)c4ccccc4)cc3)c2)ccc1O. The van der Waals surface area contributed by atoms with Crippen LogP contribution in [0.15, 0.2) is 97.1 Å². The summed E-state index contributed by atoms with van der Waals surface area (Å²) < 4.78 is 10.5. The fourth-order valence-corrected chi connectivity index (χ4v) is 3.45. The molecule has 34 heavy (non-hydrogen) atoms. The molecule has 0 heterocycles. The number of phenolic OH excluding ortho intramolecular Hbond substituents is 1. The van der Waals surface area contributed by atoms with Crippen molar-refractivity contribution in [1.82, 2.24) is 0 Å². The molecule has 0 aliphatic carbocycles. The molecule has 4 aromatic carbocycles. The number of hydrogen-bond acceptors (Lipinski definition) is 5. The Bertz CT molecular complexity index is 1300. The Morgan fingerprint density at radius 2 is 1.59 bits per heavy atom. The number of esters is 1. The van der Waals surface area contributed by atoms with Gasteiger partial charge in [-0.05, 0) is 65.2 Å². The van der Waals surface area contributed by atoms with Crippen molar-refractivity contribution in [2.24, 2.45) is 0 Å². The lowest BCUT2D eigenvalue weighted by atomic mass is 10.0. The van der Waals surface area contributed by atoms with Crippen molar-refractivity contribution in [3.63, 3.8) is 0 Å². The van der Waals surface area contributed by atoms with Crippen LogP contribution in [-0.4, -0.2) is 24.1 Å². The van der Waals surface area contributed by atoms with Crippen LogP contribution >= 0.6 is 0 Å². The topological polar surface area (TPSA) is 84.9 Å². The van der Waals surface area contributed by atoms with Gasteiger partial charge in [-0.1, -0.05) is 48.5 Å². The van der Waals surface area contributed by atoms with Crippen LogP contribution in [0.25, 0.3) is 11.1 Å². The summed E-state index contributed by atoms with van der Waals surface area (Å²) >= 11 is 0. The first-order valence-electron chi connectivity index (χ1n) is 10.7. The van der Waals surface area contributed by atoms with Crippen LogP contribution in [0.2, 0.25) is 0 Å². The van der Waals surface area contributed by atoms with Crippen molar-refractivity contribution >= 4 is 17.6 Å². The minimum atomic E-state index is -0.413. The van der Waals surface area contributed by atoms with Crippen molar-refractivity contribution in [3.8, 4) is 28.4 Å². The highest BCUT2D eigenvalue weighted by Gasteiger charge is 2.10. The van der Waals surface area contributed by atoms with Crippen molar-refractivity contribution in [2.45, 2.75) is 6.42 Å². The number of rotatable bonds is 7. The highest BCUT2D eigenvalue weighted by molar-refractivity contribution is 5.93. The Morgan fingerprint density at radius 1 is 0.824 bits per heavy atom. The number of anilines is 1. The van der Waals surface area contributed by atoms with Crippen LogP contribution in [0.4, 0.5) is 5.69 Å². The molecular formula is C28H23NO5. The third kappa shape index (κ3) is 5.61. The number of aromatic hydroxyl groups is 1. The Balaban J connectivity index is 1.41. The Hall–Kier alpha value is -4.58. The number of nitrogens with one attached hydrogen (secondary N) is 1. The van der Waals surface area contributed by atoms with Crippen molar-refractivity contribution < 1.29 is 24.2 Å². The summed E-state index contributed by atoms with van der Waals surface area (Å²) in [5.41, 5.74) is 3.70. The molecular weight excluding hydrogens is 430 g/mol. The van der Waals surface area contributed by atoms with E-state index in [0.29, 0.717) is 22.7 Å². The van der Waals surface area contributed by atoms with E-state index in [1.54, 1.807) is 48.5 Å². The first kappa shape index (κ1) is 22.6. The van der Waals surface area contributed by atoms with Crippen LogP contribution in [0.3, 0.4) is 0 Å². The van der Waals surface area contributed by atoms with Gasteiger partial charge >= 0.3 is 5.97 Å². The summed E-state index contributed by atoms with van der Waals surface area (Å²) in [6.07, 6.45) is 0.141. The van der Waals surface area contributed by atoms with Crippen LogP contribution in [0, 0.1) is 0 Å². The highest BCUT2D eigenvalue weighted by atomic mass is 16.5. The van der Waals surface area contributed by atoms with E-state index in [4.69, 9.17) is 9.47 Å². The summed E-state index contributed by atoms with van der Waals surface area (Å²) in [5.74, 6) is 0.203. The molecule has 0 fully saturated rings. The van der Waals surface area contributed by atoms with Crippen LogP contribution in [0.5, 0.6) is 17.2 Å². The second-order valence-corrected chi connectivity index (χ2v) is 7.59. The molecule has 4 rings (SSSR count). The molecule has 0 saturated carbocycles. The zero-order valence-corrected chi connectivity index (χ0v) is 18.5. The first-order valence-corrected chi connectivity index (χ1v) is 10.7. The van der Waals surface area contributed by atoms with E-state index >= 15 is 0 Å². The van der Waals surface area contributed by atoms with Gasteiger partial charge in [0.15, 0.2) is 11.5 Å². The van der Waals surface area contributed by atoms with E-state index in [-0.39, 0.29) is 18.1 Å². The molecule has 170 valence electrons. The van der Waals surface area contributed by atoms with Gasteiger partial charge in [0.2, 0.25) is 5.91 Å². The maximum atomic E-state index is 12.5. The lowest BCUT2D eigenvalue weighted by Crippen LogP contribution is -2.14. The van der Waals surface area contributed by atoms with Crippen molar-refractivity contribution in [1.29, 1.82) is 0 Å². The van der Waals surface area contributed by atoms with Gasteiger partial charge in [0.1, 0.15) is 5.75 Å². The molecule has 6 nitrogen and oxygen atoms in total. The van der Waals surface area contributed by atoms with E-state index in [1.807, 2.05) is 42.5 Å². The average Bonchev–Trinajstić information content (AvgIpc) is 2.86. The molecule has 0 unspecified atom stereocenters. The summed E-state index contributed by atoms with van der Waals surface area (Å²) in [5, 5.41) is 12.6. The van der Waals surface area contributed by atoms with Gasteiger partial charge in [-0.3, -0.25) is 4.79 Å². The second kappa shape index (κ2) is 10.4. The van der Waals surface area contributed by atoms with Gasteiger partial charge in [-0.25, -0.2) is 4.79 Å². The third-order valence-electron chi connectivity index (χ3n) is 5.16. The number of hydrogen-bond donors (Lipinski definition) is 2. The number of carbonyl (C=O) groups excluding carboxylic acids is 2. The normalized spacial score (nSPS) is 10.4. The number of phenols is 1. The molecule has 0 atom stereocenters. The fourth-order valence-electron chi connectivity index (χ4n) is 3.45. The summed E-state index contributed by atoms with van der Waals surface area (Å²) in [6, 6.07) is 28.3. The maximum absolute atomic E-state index is 12.5. The van der Waals surface area contributed by atoms with Crippen molar-refractivity contribution in [3.05, 3.63) is 108 Å². The minimum absolute atomic E-state index is 0.0280. The lowest BCUT2D eigenvalue weighted by molar-refractivity contribution is -0.115. The molecule has 0 radical (unpaired) electrons. The fraction of sp³-hybridized carbons (Fsp3) is 0.0714. The molecule has 0 aliphatic heterocycles. The summed E-state index contributed by atoms with van der Waals surface area (Å²) in [7, 11) is 1.46. The Morgan fingerprint density at radius 3 is 2.32 bits per heavy atom. The van der Waals surface area contributed by atoms with Crippen molar-refractivity contribution in [2.75, 3.05) is 12.4 Å². The lowest BCUT2D eigenvalue weighted by Gasteiger charge is -2.10. The summed E-state index contributed by atoms with van der Waals surface area (Å²) in [4.78, 5) is 24.7. The quantitative estimate of drug-likeness (QED) is 0.286. The Labute approximate surface area is 197 Å². The van der Waals surface area contributed by atoms with E-state index in [1.165, 1.54) is 13.2 Å². The monoisotopic (exact) mass is 453 g/mol. The largest absolute Gasteiger partial charge is 0.504 e. The standard InChI is InChI=1S/C28H23NO5/c1-33-26-16-19(10-15-25(26)30)17-27(31)29-23-9-5-8-22(18-23)20-11-13-24(14-12-20)34-28(32)21-6-3-2-4-7-21/h2-16,18,30H,17H2,1H3,(H,29,31). The van der Waals surface area contributed by atoms with E-state index in [9.17, 15) is 14.7 Å². The van der Waals surface area contributed by atoms with Gasteiger partial charge in [-0.15, -0.1) is 0 Å². The molecule has 0 bridgehead atoms. The molecule has 2 N–H and O–H groups in total. The minimum Gasteiger partial charge on any atom is -0.504 e. The summed E-state index contributed by atoms with van der Waals surface area (Å²) in [6.45, 7) is 0. The predicted octanol–water partition coefficient (Wildman–Crippen LogP) is 5.47. The molecule has 0 aromatic heterocycles. The van der Waals surface area contributed by atoms with E-state index in [0.717, 1.165) is 16.7 Å². The van der Waals surface area contributed by atoms with Gasteiger partial charge in [0.05, 0.1) is 19.1 Å². The van der Waals surface area contributed by atoms with Gasteiger partial charge in [0.25, 0.3) is 0 Å². The molecule has 1 amide bonds. The van der Waals surface area contributed by atoms with Crippen LogP contribution in [0.1, 0.15) is 15.9 Å².